The van der Waals surface area contributed by atoms with Crippen LogP contribution in [-0.4, -0.2) is 19.6 Å². The highest BCUT2D eigenvalue weighted by Crippen LogP contribution is 2.31. The number of carbonyl (C=O) groups excluding carboxylic acids is 1. The molecule has 2 aromatic rings. The number of carbonyl (C=O) groups is 1. The second-order valence-electron chi connectivity index (χ2n) is 4.03. The fourth-order valence-electron chi connectivity index (χ4n) is 1.88. The number of rotatable bonds is 4. The Hall–Kier alpha value is -2.43. The first-order chi connectivity index (χ1) is 9.61. The zero-order chi connectivity index (χ0) is 14.5. The number of hydrogen-bond donors (Lipinski definition) is 1. The lowest BCUT2D eigenvalue weighted by Crippen LogP contribution is -2.17. The number of benzene rings is 2. The van der Waals surface area contributed by atoms with E-state index in [0.29, 0.717) is 16.7 Å². The van der Waals surface area contributed by atoms with Crippen LogP contribution in [0.1, 0.15) is 10.4 Å². The molecule has 20 heavy (non-hydrogen) atoms. The lowest BCUT2D eigenvalue weighted by molar-refractivity contribution is -0.0494. The first kappa shape index (κ1) is 14.0. The second kappa shape index (κ2) is 6.14. The van der Waals surface area contributed by atoms with Crippen LogP contribution < -0.4 is 10.1 Å². The van der Waals surface area contributed by atoms with E-state index in [1.807, 2.05) is 0 Å². The van der Waals surface area contributed by atoms with Crippen LogP contribution in [0.4, 0.5) is 8.78 Å². The monoisotopic (exact) mass is 277 g/mol. The summed E-state index contributed by atoms with van der Waals surface area (Å²) in [6.07, 6.45) is 0. The molecule has 0 radical (unpaired) electrons. The maximum Gasteiger partial charge on any atom is 0.387 e. The van der Waals surface area contributed by atoms with E-state index in [2.05, 4.69) is 10.1 Å². The highest BCUT2D eigenvalue weighted by Gasteiger charge is 2.12. The minimum Gasteiger partial charge on any atom is -0.434 e. The summed E-state index contributed by atoms with van der Waals surface area (Å²) in [5.41, 5.74) is 1.61. The van der Waals surface area contributed by atoms with Gasteiger partial charge in [-0.2, -0.15) is 8.78 Å². The number of alkyl halides is 2. The topological polar surface area (TPSA) is 38.3 Å². The second-order valence-corrected chi connectivity index (χ2v) is 4.03. The van der Waals surface area contributed by atoms with Crippen molar-refractivity contribution in [1.82, 2.24) is 5.32 Å². The summed E-state index contributed by atoms with van der Waals surface area (Å²) in [6.45, 7) is -2.89. The highest BCUT2D eigenvalue weighted by atomic mass is 19.3. The van der Waals surface area contributed by atoms with Crippen molar-refractivity contribution in [2.45, 2.75) is 6.61 Å². The molecule has 0 atom stereocenters. The number of ether oxygens (including phenoxy) is 1. The molecule has 0 bridgehead atoms. The molecule has 104 valence electrons. The van der Waals surface area contributed by atoms with E-state index in [0.717, 1.165) is 0 Å². The summed E-state index contributed by atoms with van der Waals surface area (Å²) < 4.78 is 29.3. The van der Waals surface area contributed by atoms with Gasteiger partial charge in [0.05, 0.1) is 0 Å². The molecule has 2 rings (SSSR count). The Morgan fingerprint density at radius 2 is 1.90 bits per heavy atom. The molecule has 1 N–H and O–H groups in total. The number of amides is 1. The van der Waals surface area contributed by atoms with Crippen molar-refractivity contribution in [1.29, 1.82) is 0 Å². The Kier molecular flexibility index (Phi) is 4.30. The van der Waals surface area contributed by atoms with Gasteiger partial charge in [0, 0.05) is 18.2 Å². The average molecular weight is 277 g/mol. The lowest BCUT2D eigenvalue weighted by atomic mass is 10.0. The number of hydrogen-bond acceptors (Lipinski definition) is 2. The average Bonchev–Trinajstić information content (AvgIpc) is 2.46. The van der Waals surface area contributed by atoms with Crippen LogP contribution >= 0.6 is 0 Å². The maximum atomic E-state index is 12.4. The molecule has 0 saturated carbocycles. The molecule has 3 nitrogen and oxygen atoms in total. The Labute approximate surface area is 115 Å². The molecule has 0 aliphatic carbocycles. The SMILES string of the molecule is CNC(=O)c1cccc(-c2ccccc2OC(F)F)c1. The van der Waals surface area contributed by atoms with Crippen LogP contribution in [0.2, 0.25) is 0 Å². The van der Waals surface area contributed by atoms with Gasteiger partial charge in [-0.15, -0.1) is 0 Å². The van der Waals surface area contributed by atoms with Gasteiger partial charge in [0.1, 0.15) is 5.75 Å². The molecular formula is C15H13F2NO2. The fourth-order valence-corrected chi connectivity index (χ4v) is 1.88. The van der Waals surface area contributed by atoms with Gasteiger partial charge in [-0.3, -0.25) is 4.79 Å². The molecule has 0 aromatic heterocycles. The van der Waals surface area contributed by atoms with Crippen LogP contribution in [-0.2, 0) is 0 Å². The predicted octanol–water partition coefficient (Wildman–Crippen LogP) is 3.31. The third-order valence-electron chi connectivity index (χ3n) is 2.77. The summed E-state index contributed by atoms with van der Waals surface area (Å²) >= 11 is 0. The van der Waals surface area contributed by atoms with Gasteiger partial charge in [0.15, 0.2) is 0 Å². The van der Waals surface area contributed by atoms with Crippen molar-refractivity contribution in [3.8, 4) is 16.9 Å². The molecule has 1 amide bonds. The van der Waals surface area contributed by atoms with E-state index < -0.39 is 6.61 Å². The van der Waals surface area contributed by atoms with E-state index in [9.17, 15) is 13.6 Å². The molecule has 0 fully saturated rings. The highest BCUT2D eigenvalue weighted by molar-refractivity contribution is 5.95. The molecule has 2 aromatic carbocycles. The lowest BCUT2D eigenvalue weighted by Gasteiger charge is -2.11. The van der Waals surface area contributed by atoms with Crippen LogP contribution in [0, 0.1) is 0 Å². The van der Waals surface area contributed by atoms with Gasteiger partial charge in [-0.05, 0) is 23.8 Å². The minimum absolute atomic E-state index is 0.0801. The van der Waals surface area contributed by atoms with Crippen molar-refractivity contribution in [3.63, 3.8) is 0 Å². The van der Waals surface area contributed by atoms with Gasteiger partial charge in [-0.1, -0.05) is 30.3 Å². The smallest absolute Gasteiger partial charge is 0.387 e. The van der Waals surface area contributed by atoms with Gasteiger partial charge in [-0.25, -0.2) is 0 Å². The van der Waals surface area contributed by atoms with Crippen LogP contribution in [0.25, 0.3) is 11.1 Å². The Balaban J connectivity index is 2.43. The third kappa shape index (κ3) is 3.12. The maximum absolute atomic E-state index is 12.4. The minimum atomic E-state index is -2.89. The molecule has 0 aliphatic rings. The van der Waals surface area contributed by atoms with Crippen LogP contribution in [0.5, 0.6) is 5.75 Å². The number of nitrogens with one attached hydrogen (secondary N) is 1. The molecule has 0 heterocycles. The van der Waals surface area contributed by atoms with E-state index in [-0.39, 0.29) is 11.7 Å². The zero-order valence-electron chi connectivity index (χ0n) is 10.8. The van der Waals surface area contributed by atoms with Gasteiger partial charge < -0.3 is 10.1 Å². The molecule has 0 spiro atoms. The van der Waals surface area contributed by atoms with Gasteiger partial charge in [0.25, 0.3) is 5.91 Å². The van der Waals surface area contributed by atoms with Crippen molar-refractivity contribution in [2.75, 3.05) is 7.05 Å². The van der Waals surface area contributed by atoms with E-state index in [1.54, 1.807) is 42.5 Å². The molecule has 5 heteroatoms. The standard InChI is InChI=1S/C15H13F2NO2/c1-18-14(19)11-6-4-5-10(9-11)12-7-2-3-8-13(12)20-15(16)17/h2-9,15H,1H3,(H,18,19). The number of halogens is 2. The summed E-state index contributed by atoms with van der Waals surface area (Å²) in [5, 5.41) is 2.52. The zero-order valence-corrected chi connectivity index (χ0v) is 10.8. The first-order valence-corrected chi connectivity index (χ1v) is 5.98. The normalized spacial score (nSPS) is 10.4. The fraction of sp³-hybridized carbons (Fsp3) is 0.133. The van der Waals surface area contributed by atoms with E-state index in [4.69, 9.17) is 0 Å². The summed E-state index contributed by atoms with van der Waals surface area (Å²) in [4.78, 5) is 11.6. The number of para-hydroxylation sites is 1. The summed E-state index contributed by atoms with van der Waals surface area (Å²) in [7, 11) is 1.53. The molecule has 0 saturated heterocycles. The van der Waals surface area contributed by atoms with Gasteiger partial charge in [0.2, 0.25) is 0 Å². The van der Waals surface area contributed by atoms with E-state index >= 15 is 0 Å². The van der Waals surface area contributed by atoms with Crippen LogP contribution in [0.15, 0.2) is 48.5 Å². The molecule has 0 aliphatic heterocycles. The van der Waals surface area contributed by atoms with Crippen LogP contribution in [0.3, 0.4) is 0 Å². The molecule has 0 unspecified atom stereocenters. The van der Waals surface area contributed by atoms with Crippen molar-refractivity contribution >= 4 is 5.91 Å². The largest absolute Gasteiger partial charge is 0.434 e. The predicted molar refractivity (Wildman–Crippen MR) is 71.9 cm³/mol. The molecular weight excluding hydrogens is 264 g/mol. The first-order valence-electron chi connectivity index (χ1n) is 5.98. The van der Waals surface area contributed by atoms with Crippen molar-refractivity contribution in [2.24, 2.45) is 0 Å². The Morgan fingerprint density at radius 3 is 2.60 bits per heavy atom. The Bertz CT molecular complexity index is 614. The quantitative estimate of drug-likeness (QED) is 0.931. The summed E-state index contributed by atoms with van der Waals surface area (Å²) in [5.74, 6) is -0.157. The summed E-state index contributed by atoms with van der Waals surface area (Å²) in [6, 6.07) is 13.2. The Morgan fingerprint density at radius 1 is 1.15 bits per heavy atom. The van der Waals surface area contributed by atoms with Gasteiger partial charge >= 0.3 is 6.61 Å². The van der Waals surface area contributed by atoms with Crippen molar-refractivity contribution < 1.29 is 18.3 Å². The third-order valence-corrected chi connectivity index (χ3v) is 2.77. The van der Waals surface area contributed by atoms with E-state index in [1.165, 1.54) is 13.1 Å². The van der Waals surface area contributed by atoms with Crippen molar-refractivity contribution in [3.05, 3.63) is 54.1 Å².